The second-order valence-corrected chi connectivity index (χ2v) is 7.73. The van der Waals surface area contributed by atoms with Crippen LogP contribution in [0.3, 0.4) is 0 Å². The summed E-state index contributed by atoms with van der Waals surface area (Å²) in [4.78, 5) is 26.5. The molecule has 1 saturated heterocycles. The highest BCUT2D eigenvalue weighted by Crippen LogP contribution is 2.24. The Labute approximate surface area is 182 Å². The van der Waals surface area contributed by atoms with Crippen molar-refractivity contribution in [2.24, 2.45) is 5.92 Å². The van der Waals surface area contributed by atoms with Gasteiger partial charge in [0.2, 0.25) is 0 Å². The lowest BCUT2D eigenvalue weighted by Gasteiger charge is -2.32. The van der Waals surface area contributed by atoms with Gasteiger partial charge in [-0.05, 0) is 61.1 Å². The highest BCUT2D eigenvalue weighted by atomic mass is 19.1. The van der Waals surface area contributed by atoms with E-state index < -0.39 is 5.82 Å². The number of carbonyl (C=O) groups excluding carboxylic acids is 2. The van der Waals surface area contributed by atoms with E-state index in [0.717, 1.165) is 19.3 Å². The fourth-order valence-corrected chi connectivity index (χ4v) is 3.82. The molecule has 31 heavy (non-hydrogen) atoms. The van der Waals surface area contributed by atoms with Crippen molar-refractivity contribution in [3.05, 3.63) is 65.0 Å². The summed E-state index contributed by atoms with van der Waals surface area (Å²) >= 11 is 0. The molecule has 6 nitrogen and oxygen atoms in total. The molecule has 0 unspecified atom stereocenters. The molecule has 0 bridgehead atoms. The van der Waals surface area contributed by atoms with Crippen LogP contribution in [0.2, 0.25) is 0 Å². The number of piperidine rings is 1. The van der Waals surface area contributed by atoms with Crippen molar-refractivity contribution in [1.29, 1.82) is 0 Å². The number of hydrogen-bond acceptors (Lipinski definition) is 4. The molecule has 2 aromatic rings. The van der Waals surface area contributed by atoms with Crippen LogP contribution in [0.4, 0.5) is 4.39 Å². The van der Waals surface area contributed by atoms with Crippen molar-refractivity contribution in [2.75, 3.05) is 40.5 Å². The SMILES string of the molecule is COCCNC(=O)c1ccc(CC2CCN(C(=O)c3ccc(OC)c(F)c3)CC2)cc1. The Morgan fingerprint density at radius 1 is 1.06 bits per heavy atom. The normalized spacial score (nSPS) is 14.4. The summed E-state index contributed by atoms with van der Waals surface area (Å²) in [6, 6.07) is 12.0. The minimum Gasteiger partial charge on any atom is -0.494 e. The Bertz CT molecular complexity index is 893. The molecule has 1 fully saturated rings. The minimum atomic E-state index is -0.529. The van der Waals surface area contributed by atoms with Crippen molar-refractivity contribution in [3.8, 4) is 5.75 Å². The molecule has 2 aromatic carbocycles. The van der Waals surface area contributed by atoms with E-state index >= 15 is 0 Å². The number of hydrogen-bond donors (Lipinski definition) is 1. The summed E-state index contributed by atoms with van der Waals surface area (Å²) in [5.41, 5.74) is 2.15. The highest BCUT2D eigenvalue weighted by molar-refractivity contribution is 5.94. The molecule has 0 radical (unpaired) electrons. The van der Waals surface area contributed by atoms with Gasteiger partial charge in [-0.2, -0.15) is 0 Å². The summed E-state index contributed by atoms with van der Waals surface area (Å²) in [5.74, 6) is -0.181. The minimum absolute atomic E-state index is 0.106. The first-order valence-electron chi connectivity index (χ1n) is 10.5. The van der Waals surface area contributed by atoms with Gasteiger partial charge < -0.3 is 19.7 Å². The number of methoxy groups -OCH3 is 2. The Morgan fingerprint density at radius 2 is 1.74 bits per heavy atom. The Kier molecular flexibility index (Phi) is 8.00. The molecule has 0 atom stereocenters. The smallest absolute Gasteiger partial charge is 0.253 e. The fourth-order valence-electron chi connectivity index (χ4n) is 3.82. The van der Waals surface area contributed by atoms with E-state index in [9.17, 15) is 14.0 Å². The Morgan fingerprint density at radius 3 is 2.35 bits per heavy atom. The zero-order valence-corrected chi connectivity index (χ0v) is 18.0. The summed E-state index contributed by atoms with van der Waals surface area (Å²) in [5, 5.41) is 2.81. The van der Waals surface area contributed by atoms with Crippen LogP contribution in [0, 0.1) is 11.7 Å². The number of benzene rings is 2. The molecule has 0 spiro atoms. The summed E-state index contributed by atoms with van der Waals surface area (Å²) in [6.45, 7) is 2.27. The van der Waals surface area contributed by atoms with Crippen molar-refractivity contribution < 1.29 is 23.5 Å². The molecule has 166 valence electrons. The van der Waals surface area contributed by atoms with Gasteiger partial charge >= 0.3 is 0 Å². The Hall–Kier alpha value is -2.93. The maximum Gasteiger partial charge on any atom is 0.253 e. The lowest BCUT2D eigenvalue weighted by Crippen LogP contribution is -2.39. The number of likely N-dealkylation sites (tertiary alicyclic amines) is 1. The van der Waals surface area contributed by atoms with Crippen LogP contribution >= 0.6 is 0 Å². The number of ether oxygens (including phenoxy) is 2. The molecule has 3 rings (SSSR count). The van der Waals surface area contributed by atoms with Gasteiger partial charge in [0.15, 0.2) is 11.6 Å². The third-order valence-corrected chi connectivity index (χ3v) is 5.63. The first-order valence-corrected chi connectivity index (χ1v) is 10.5. The van der Waals surface area contributed by atoms with Crippen LogP contribution in [0.25, 0.3) is 0 Å². The van der Waals surface area contributed by atoms with E-state index in [1.54, 1.807) is 18.1 Å². The molecule has 0 saturated carbocycles. The lowest BCUT2D eigenvalue weighted by molar-refractivity contribution is 0.0690. The highest BCUT2D eigenvalue weighted by Gasteiger charge is 2.24. The van der Waals surface area contributed by atoms with Gasteiger partial charge in [0.25, 0.3) is 11.8 Å². The molecule has 1 aliphatic rings. The second-order valence-electron chi connectivity index (χ2n) is 7.73. The summed E-state index contributed by atoms with van der Waals surface area (Å²) in [6.07, 6.45) is 2.69. The van der Waals surface area contributed by atoms with Crippen LogP contribution in [-0.4, -0.2) is 57.2 Å². The Balaban J connectivity index is 1.49. The molecule has 0 aromatic heterocycles. The molecule has 2 amide bonds. The average Bonchev–Trinajstić information content (AvgIpc) is 2.79. The van der Waals surface area contributed by atoms with Gasteiger partial charge in [0, 0.05) is 37.9 Å². The number of nitrogens with zero attached hydrogens (tertiary/aromatic N) is 1. The largest absolute Gasteiger partial charge is 0.494 e. The average molecular weight is 429 g/mol. The van der Waals surface area contributed by atoms with Crippen LogP contribution < -0.4 is 10.1 Å². The summed E-state index contributed by atoms with van der Waals surface area (Å²) in [7, 11) is 3.00. The van der Waals surface area contributed by atoms with E-state index in [2.05, 4.69) is 5.32 Å². The molecule has 7 heteroatoms. The zero-order chi connectivity index (χ0) is 22.2. The van der Waals surface area contributed by atoms with E-state index in [1.807, 2.05) is 24.3 Å². The second kappa shape index (κ2) is 10.9. The van der Waals surface area contributed by atoms with E-state index in [1.165, 1.54) is 24.8 Å². The molecule has 1 aliphatic heterocycles. The lowest BCUT2D eigenvalue weighted by atomic mass is 9.89. The fraction of sp³-hybridized carbons (Fsp3) is 0.417. The molecule has 0 aliphatic carbocycles. The molecule has 1 heterocycles. The molecular formula is C24H29FN2O4. The van der Waals surface area contributed by atoms with Gasteiger partial charge in [0.05, 0.1) is 13.7 Å². The number of carbonyl (C=O) groups is 2. The number of rotatable bonds is 8. The van der Waals surface area contributed by atoms with Gasteiger partial charge in [-0.3, -0.25) is 9.59 Å². The van der Waals surface area contributed by atoms with Crippen molar-refractivity contribution in [1.82, 2.24) is 10.2 Å². The number of halogens is 1. The van der Waals surface area contributed by atoms with Crippen molar-refractivity contribution in [3.63, 3.8) is 0 Å². The van der Waals surface area contributed by atoms with Crippen molar-refractivity contribution in [2.45, 2.75) is 19.3 Å². The van der Waals surface area contributed by atoms with E-state index in [-0.39, 0.29) is 17.6 Å². The predicted octanol–water partition coefficient (Wildman–Crippen LogP) is 3.31. The van der Waals surface area contributed by atoms with Crippen molar-refractivity contribution >= 4 is 11.8 Å². The maximum atomic E-state index is 13.9. The third kappa shape index (κ3) is 6.04. The van der Waals surface area contributed by atoms with Gasteiger partial charge in [0.1, 0.15) is 0 Å². The standard InChI is InChI=1S/C24H29FN2O4/c1-30-14-11-26-23(28)19-5-3-17(4-6-19)15-18-9-12-27(13-10-18)24(29)20-7-8-22(31-2)21(25)16-20/h3-8,16,18H,9-15H2,1-2H3,(H,26,28). The van der Waals surface area contributed by atoms with Crippen LogP contribution in [0.5, 0.6) is 5.75 Å². The summed E-state index contributed by atoms with van der Waals surface area (Å²) < 4.78 is 23.8. The first kappa shape index (κ1) is 22.7. The van der Waals surface area contributed by atoms with Gasteiger partial charge in [-0.15, -0.1) is 0 Å². The van der Waals surface area contributed by atoms with Gasteiger partial charge in [-0.25, -0.2) is 4.39 Å². The quantitative estimate of drug-likeness (QED) is 0.655. The molecule has 1 N–H and O–H groups in total. The topological polar surface area (TPSA) is 67.9 Å². The maximum absolute atomic E-state index is 13.9. The predicted molar refractivity (Wildman–Crippen MR) is 116 cm³/mol. The van der Waals surface area contributed by atoms with Crippen LogP contribution in [-0.2, 0) is 11.2 Å². The number of amides is 2. The monoisotopic (exact) mass is 428 g/mol. The van der Waals surface area contributed by atoms with E-state index in [0.29, 0.717) is 43.3 Å². The van der Waals surface area contributed by atoms with Crippen LogP contribution in [0.1, 0.15) is 39.1 Å². The molecular weight excluding hydrogens is 399 g/mol. The first-order chi connectivity index (χ1) is 15.0. The number of nitrogens with one attached hydrogen (secondary N) is 1. The third-order valence-electron chi connectivity index (χ3n) is 5.63. The van der Waals surface area contributed by atoms with Gasteiger partial charge in [-0.1, -0.05) is 12.1 Å². The van der Waals surface area contributed by atoms with E-state index in [4.69, 9.17) is 9.47 Å². The van der Waals surface area contributed by atoms with Crippen LogP contribution in [0.15, 0.2) is 42.5 Å². The zero-order valence-electron chi connectivity index (χ0n) is 18.0.